The molecule has 1 fully saturated rings. The third kappa shape index (κ3) is 4.59. The summed E-state index contributed by atoms with van der Waals surface area (Å²) in [7, 11) is 2.20. The Balaban J connectivity index is 1.68. The molecule has 1 aliphatic rings. The van der Waals surface area contributed by atoms with Crippen LogP contribution < -0.4 is 5.32 Å². The Kier molecular flexibility index (Phi) is 5.34. The van der Waals surface area contributed by atoms with Crippen molar-refractivity contribution < 1.29 is 4.39 Å². The van der Waals surface area contributed by atoms with Crippen LogP contribution in [0, 0.1) is 18.7 Å². The smallest absolute Gasteiger partial charge is 0.123 e. The lowest BCUT2D eigenvalue weighted by atomic mass is 9.94. The Bertz CT molecular complexity index is 398. The summed E-state index contributed by atoms with van der Waals surface area (Å²) in [5.41, 5.74) is 2.23. The predicted molar refractivity (Wildman–Crippen MR) is 77.7 cm³/mol. The summed E-state index contributed by atoms with van der Waals surface area (Å²) in [5.74, 6) is 0.718. The van der Waals surface area contributed by atoms with Gasteiger partial charge in [0.1, 0.15) is 5.82 Å². The molecule has 1 aromatic rings. The van der Waals surface area contributed by atoms with Gasteiger partial charge in [0.25, 0.3) is 0 Å². The Morgan fingerprint density at radius 3 is 2.79 bits per heavy atom. The first-order valence-electron chi connectivity index (χ1n) is 7.29. The summed E-state index contributed by atoms with van der Waals surface area (Å²) in [6.07, 6.45) is 3.87. The van der Waals surface area contributed by atoms with Crippen molar-refractivity contribution in [3.05, 3.63) is 35.1 Å². The molecule has 106 valence electrons. The molecule has 1 aliphatic heterocycles. The number of nitrogens with one attached hydrogen (secondary N) is 1. The number of likely N-dealkylation sites (tertiary alicyclic amines) is 1. The molecule has 0 radical (unpaired) electrons. The normalized spacial score (nSPS) is 17.8. The van der Waals surface area contributed by atoms with Crippen LogP contribution in [0.25, 0.3) is 0 Å². The highest BCUT2D eigenvalue weighted by Crippen LogP contribution is 2.18. The number of hydrogen-bond acceptors (Lipinski definition) is 2. The summed E-state index contributed by atoms with van der Waals surface area (Å²) in [4.78, 5) is 2.40. The standard InChI is InChI=1S/C16H25FN2/c1-13-3-4-16(17)11-15(13)12-18-8-5-14-6-9-19(2)10-7-14/h3-4,11,14,18H,5-10,12H2,1-2H3. The molecule has 0 unspecified atom stereocenters. The first-order valence-corrected chi connectivity index (χ1v) is 7.29. The van der Waals surface area contributed by atoms with Gasteiger partial charge >= 0.3 is 0 Å². The molecular formula is C16H25FN2. The summed E-state index contributed by atoms with van der Waals surface area (Å²) < 4.78 is 13.2. The number of benzene rings is 1. The number of hydrogen-bond donors (Lipinski definition) is 1. The quantitative estimate of drug-likeness (QED) is 0.823. The van der Waals surface area contributed by atoms with Crippen LogP contribution in [0.15, 0.2) is 18.2 Å². The van der Waals surface area contributed by atoms with Gasteiger partial charge in [-0.1, -0.05) is 6.07 Å². The molecule has 0 bridgehead atoms. The summed E-state index contributed by atoms with van der Waals surface area (Å²) in [5, 5.41) is 3.45. The van der Waals surface area contributed by atoms with Gasteiger partial charge in [-0.3, -0.25) is 0 Å². The summed E-state index contributed by atoms with van der Waals surface area (Å²) in [6, 6.07) is 5.01. The fourth-order valence-electron chi connectivity index (χ4n) is 2.71. The van der Waals surface area contributed by atoms with E-state index in [1.165, 1.54) is 38.4 Å². The van der Waals surface area contributed by atoms with Crippen LogP contribution in [0.5, 0.6) is 0 Å². The third-order valence-corrected chi connectivity index (χ3v) is 4.19. The first kappa shape index (κ1) is 14.5. The van der Waals surface area contributed by atoms with Crippen molar-refractivity contribution in [3.8, 4) is 0 Å². The van der Waals surface area contributed by atoms with Crippen molar-refractivity contribution in [1.82, 2.24) is 10.2 Å². The molecule has 1 aromatic carbocycles. The van der Waals surface area contributed by atoms with Gasteiger partial charge in [0, 0.05) is 6.54 Å². The van der Waals surface area contributed by atoms with Gasteiger partial charge in [-0.15, -0.1) is 0 Å². The van der Waals surface area contributed by atoms with Gasteiger partial charge in [0.2, 0.25) is 0 Å². The van der Waals surface area contributed by atoms with E-state index in [4.69, 9.17) is 0 Å². The van der Waals surface area contributed by atoms with Crippen molar-refractivity contribution in [2.24, 2.45) is 5.92 Å². The number of nitrogens with zero attached hydrogens (tertiary/aromatic N) is 1. The molecule has 0 amide bonds. The van der Waals surface area contributed by atoms with E-state index in [0.717, 1.165) is 30.1 Å². The number of aryl methyl sites for hydroxylation is 1. The van der Waals surface area contributed by atoms with Crippen LogP contribution in [-0.2, 0) is 6.54 Å². The molecule has 19 heavy (non-hydrogen) atoms. The molecular weight excluding hydrogens is 239 g/mol. The van der Waals surface area contributed by atoms with Gasteiger partial charge in [0.05, 0.1) is 0 Å². The molecule has 0 atom stereocenters. The number of halogens is 1. The van der Waals surface area contributed by atoms with E-state index in [1.807, 2.05) is 13.0 Å². The summed E-state index contributed by atoms with van der Waals surface area (Å²) >= 11 is 0. The minimum absolute atomic E-state index is 0.141. The van der Waals surface area contributed by atoms with Crippen molar-refractivity contribution in [1.29, 1.82) is 0 Å². The van der Waals surface area contributed by atoms with Crippen LogP contribution in [0.4, 0.5) is 4.39 Å². The van der Waals surface area contributed by atoms with Gasteiger partial charge in [-0.05, 0) is 82.0 Å². The zero-order valence-corrected chi connectivity index (χ0v) is 12.1. The highest BCUT2D eigenvalue weighted by Gasteiger charge is 2.15. The molecule has 0 aliphatic carbocycles. The maximum Gasteiger partial charge on any atom is 0.123 e. The first-order chi connectivity index (χ1) is 9.15. The number of rotatable bonds is 5. The van der Waals surface area contributed by atoms with Crippen molar-refractivity contribution in [2.75, 3.05) is 26.7 Å². The Hall–Kier alpha value is -0.930. The van der Waals surface area contributed by atoms with Gasteiger partial charge in [-0.25, -0.2) is 4.39 Å². The van der Waals surface area contributed by atoms with Gasteiger partial charge < -0.3 is 10.2 Å². The van der Waals surface area contributed by atoms with Gasteiger partial charge in [-0.2, -0.15) is 0 Å². The largest absolute Gasteiger partial charge is 0.313 e. The second-order valence-corrected chi connectivity index (χ2v) is 5.78. The van der Waals surface area contributed by atoms with Crippen LogP contribution in [-0.4, -0.2) is 31.6 Å². The molecule has 0 saturated carbocycles. The second kappa shape index (κ2) is 7.01. The average molecular weight is 264 g/mol. The average Bonchev–Trinajstić information content (AvgIpc) is 2.40. The molecule has 1 heterocycles. The lowest BCUT2D eigenvalue weighted by molar-refractivity contribution is 0.211. The van der Waals surface area contributed by atoms with E-state index in [1.54, 1.807) is 6.07 Å². The van der Waals surface area contributed by atoms with Crippen molar-refractivity contribution in [2.45, 2.75) is 32.7 Å². The molecule has 0 spiro atoms. The zero-order chi connectivity index (χ0) is 13.7. The highest BCUT2D eigenvalue weighted by molar-refractivity contribution is 5.26. The van der Waals surface area contributed by atoms with Crippen LogP contribution >= 0.6 is 0 Å². The number of piperidine rings is 1. The van der Waals surface area contributed by atoms with E-state index in [0.29, 0.717) is 0 Å². The fraction of sp³-hybridized carbons (Fsp3) is 0.625. The van der Waals surface area contributed by atoms with Gasteiger partial charge in [0.15, 0.2) is 0 Å². The van der Waals surface area contributed by atoms with Crippen molar-refractivity contribution in [3.63, 3.8) is 0 Å². The molecule has 2 nitrogen and oxygen atoms in total. The second-order valence-electron chi connectivity index (χ2n) is 5.78. The van der Waals surface area contributed by atoms with Crippen LogP contribution in [0.3, 0.4) is 0 Å². The topological polar surface area (TPSA) is 15.3 Å². The van der Waals surface area contributed by atoms with E-state index < -0.39 is 0 Å². The molecule has 1 N–H and O–H groups in total. The van der Waals surface area contributed by atoms with E-state index in [2.05, 4.69) is 17.3 Å². The van der Waals surface area contributed by atoms with Crippen LogP contribution in [0.1, 0.15) is 30.4 Å². The van der Waals surface area contributed by atoms with E-state index in [9.17, 15) is 4.39 Å². The Morgan fingerprint density at radius 2 is 2.05 bits per heavy atom. The maximum absolute atomic E-state index is 13.2. The maximum atomic E-state index is 13.2. The fourth-order valence-corrected chi connectivity index (χ4v) is 2.71. The highest BCUT2D eigenvalue weighted by atomic mass is 19.1. The van der Waals surface area contributed by atoms with E-state index in [-0.39, 0.29) is 5.82 Å². The Labute approximate surface area is 116 Å². The third-order valence-electron chi connectivity index (χ3n) is 4.19. The molecule has 0 aromatic heterocycles. The predicted octanol–water partition coefficient (Wildman–Crippen LogP) is 2.96. The minimum Gasteiger partial charge on any atom is -0.313 e. The lowest BCUT2D eigenvalue weighted by Crippen LogP contribution is -2.31. The van der Waals surface area contributed by atoms with Crippen LogP contribution in [0.2, 0.25) is 0 Å². The molecule has 1 saturated heterocycles. The molecule has 2 rings (SSSR count). The van der Waals surface area contributed by atoms with E-state index >= 15 is 0 Å². The van der Waals surface area contributed by atoms with Crippen molar-refractivity contribution >= 4 is 0 Å². The SMILES string of the molecule is Cc1ccc(F)cc1CNCCC1CCN(C)CC1. The zero-order valence-electron chi connectivity index (χ0n) is 12.1. The lowest BCUT2D eigenvalue weighted by Gasteiger charge is -2.28. The monoisotopic (exact) mass is 264 g/mol. The minimum atomic E-state index is -0.141. The molecule has 3 heteroatoms. The Morgan fingerprint density at radius 1 is 1.32 bits per heavy atom. The summed E-state index contributed by atoms with van der Waals surface area (Å²) in [6.45, 7) is 6.30.